The minimum atomic E-state index is -0.574. The fraction of sp³-hybridized carbons (Fsp3) is 0.0222. The molecule has 0 saturated heterocycles. The lowest BCUT2D eigenvalue weighted by Crippen LogP contribution is -2.47. The van der Waals surface area contributed by atoms with Crippen molar-refractivity contribution in [2.75, 3.05) is 0 Å². The number of nitrogens with two attached hydrogens (primary N) is 1. The SMILES string of the molecule is [B]c1c([B])c([B])c2c(oc3c([B])c([B])c(C(=N)N=C(N)n4c5ccccc5c5ccc6c(c54)-c4ccccc4C64c5ccccc5-c5ccccc54)c([B])c32)c1[B]. The highest BCUT2D eigenvalue weighted by Gasteiger charge is 2.52. The number of benzene rings is 7. The van der Waals surface area contributed by atoms with Crippen molar-refractivity contribution < 1.29 is 4.42 Å². The Labute approximate surface area is 337 Å². The summed E-state index contributed by atoms with van der Waals surface area (Å²) in [6.45, 7) is 0. The zero-order chi connectivity index (χ0) is 39.2. The van der Waals surface area contributed by atoms with E-state index in [1.807, 2.05) is 22.8 Å². The molecule has 2 heterocycles. The zero-order valence-corrected chi connectivity index (χ0v) is 30.3. The normalized spacial score (nSPS) is 13.8. The van der Waals surface area contributed by atoms with Crippen molar-refractivity contribution in [3.05, 3.63) is 137 Å². The monoisotopic (exact) mass is 710 g/mol. The van der Waals surface area contributed by atoms with Gasteiger partial charge in [-0.1, -0.05) is 130 Å². The highest BCUT2D eigenvalue weighted by molar-refractivity contribution is 6.69. The predicted molar refractivity (Wildman–Crippen MR) is 241 cm³/mol. The molecule has 7 aromatic carbocycles. The molecule has 57 heavy (non-hydrogen) atoms. The number of furan rings is 1. The van der Waals surface area contributed by atoms with Gasteiger partial charge in [-0.3, -0.25) is 9.98 Å². The maximum absolute atomic E-state index is 9.40. The van der Waals surface area contributed by atoms with E-state index in [1.54, 1.807) is 0 Å². The smallest absolute Gasteiger partial charge is 0.207 e. The van der Waals surface area contributed by atoms with E-state index >= 15 is 0 Å². The molecule has 2 aliphatic rings. The lowest BCUT2D eigenvalue weighted by molar-refractivity contribution is 0.675. The molecule has 0 unspecified atom stereocenters. The Balaban J connectivity index is 1.19. The van der Waals surface area contributed by atoms with Gasteiger partial charge in [0.15, 0.2) is 5.84 Å². The molecule has 3 N–H and O–H groups in total. The van der Waals surface area contributed by atoms with Crippen molar-refractivity contribution in [1.82, 2.24) is 4.57 Å². The molecular weight excluding hydrogens is 688 g/mol. The van der Waals surface area contributed by atoms with E-state index < -0.39 is 5.41 Å². The molecule has 0 saturated carbocycles. The van der Waals surface area contributed by atoms with Crippen LogP contribution in [0.15, 0.2) is 119 Å². The summed E-state index contributed by atoms with van der Waals surface area (Å²) in [6.07, 6.45) is 0. The average molecular weight is 709 g/mol. The van der Waals surface area contributed by atoms with E-state index in [2.05, 4.69) is 91.0 Å². The molecule has 0 amide bonds. The van der Waals surface area contributed by atoms with E-state index in [9.17, 15) is 5.41 Å². The van der Waals surface area contributed by atoms with Gasteiger partial charge >= 0.3 is 0 Å². The third kappa shape index (κ3) is 4.08. The summed E-state index contributed by atoms with van der Waals surface area (Å²) in [5, 5.41) is 12.0. The first-order valence-electron chi connectivity index (χ1n) is 18.3. The number of aliphatic imine (C=N–C) groups is 1. The number of rotatable bonds is 1. The Morgan fingerprint density at radius 1 is 0.544 bits per heavy atom. The molecule has 14 radical (unpaired) electrons. The van der Waals surface area contributed by atoms with Crippen molar-refractivity contribution >= 4 is 149 Å². The van der Waals surface area contributed by atoms with Gasteiger partial charge in [-0.2, -0.15) is 4.99 Å². The van der Waals surface area contributed by atoms with Crippen LogP contribution in [-0.2, 0) is 5.41 Å². The van der Waals surface area contributed by atoms with Crippen LogP contribution in [0.25, 0.3) is 66.0 Å². The minimum absolute atomic E-state index is 0.0174. The van der Waals surface area contributed by atoms with E-state index in [1.165, 1.54) is 27.8 Å². The first kappa shape index (κ1) is 34.0. The standard InChI is InChI=1S/C45H21B7N4O/c46-33-30-31-34(47)36(49)37(50)39(52)42(31)57-41(30)38(51)35(48)32(33)43(53)55-44(54)56-28-16-8-4-11-21(28)22-17-18-27-29(40(22)56)23-12-3-7-15-26(23)45(27)24-13-5-1-9-19(24)20-10-2-6-14-25(20)45/h1-18H,(H3,53,54,55). The van der Waals surface area contributed by atoms with Gasteiger partial charge in [0.2, 0.25) is 5.96 Å². The van der Waals surface area contributed by atoms with Crippen molar-refractivity contribution in [1.29, 1.82) is 5.41 Å². The van der Waals surface area contributed by atoms with Gasteiger partial charge in [0.1, 0.15) is 66.1 Å². The fourth-order valence-corrected chi connectivity index (χ4v) is 9.74. The predicted octanol–water partition coefficient (Wildman–Crippen LogP) is 1.78. The van der Waals surface area contributed by atoms with Crippen LogP contribution in [0.4, 0.5) is 0 Å². The second-order valence-electron chi connectivity index (χ2n) is 14.7. The second kappa shape index (κ2) is 11.6. The highest BCUT2D eigenvalue weighted by Crippen LogP contribution is 2.63. The van der Waals surface area contributed by atoms with Gasteiger partial charge in [-0.05, 0) is 45.0 Å². The Kier molecular flexibility index (Phi) is 6.95. The van der Waals surface area contributed by atoms with E-state index in [0.29, 0.717) is 5.39 Å². The topological polar surface area (TPSA) is 80.3 Å². The number of aromatic nitrogens is 1. The maximum atomic E-state index is 9.40. The molecule has 5 nitrogen and oxygen atoms in total. The Hall–Kier alpha value is -6.27. The molecule has 1 spiro atoms. The molecule has 0 atom stereocenters. The Morgan fingerprint density at radius 2 is 1.07 bits per heavy atom. The van der Waals surface area contributed by atoms with Crippen LogP contribution in [0.3, 0.4) is 0 Å². The number of hydrogen-bond donors (Lipinski definition) is 2. The van der Waals surface area contributed by atoms with Crippen LogP contribution in [-0.4, -0.2) is 71.3 Å². The van der Waals surface area contributed by atoms with Crippen LogP contribution in [0.5, 0.6) is 0 Å². The Bertz CT molecular complexity index is 3340. The number of fused-ring (bicyclic) bond motifs is 17. The number of hydrogen-bond acceptors (Lipinski definition) is 2. The van der Waals surface area contributed by atoms with Gasteiger partial charge in [0.25, 0.3) is 0 Å². The van der Waals surface area contributed by atoms with Gasteiger partial charge in [0, 0.05) is 32.7 Å². The molecule has 0 aliphatic heterocycles. The second-order valence-corrected chi connectivity index (χ2v) is 14.7. The molecular formula is C45H21B7N4O. The van der Waals surface area contributed by atoms with E-state index in [0.717, 1.165) is 38.5 Å². The van der Waals surface area contributed by atoms with Crippen LogP contribution >= 0.6 is 0 Å². The van der Waals surface area contributed by atoms with Crippen LogP contribution in [0.1, 0.15) is 27.8 Å². The summed E-state index contributed by atoms with van der Waals surface area (Å²) in [5.41, 5.74) is 18.2. The van der Waals surface area contributed by atoms with E-state index in [4.69, 9.17) is 70.1 Å². The molecule has 248 valence electrons. The summed E-state index contributed by atoms with van der Waals surface area (Å²) in [6, 6.07) is 38.3. The summed E-state index contributed by atoms with van der Waals surface area (Å²) < 4.78 is 7.98. The third-order valence-corrected chi connectivity index (χ3v) is 12.1. The summed E-state index contributed by atoms with van der Waals surface area (Å²) in [5.74, 6) is -0.296. The van der Waals surface area contributed by atoms with Gasteiger partial charge in [-0.25, -0.2) is 0 Å². The molecule has 9 aromatic rings. The summed E-state index contributed by atoms with van der Waals surface area (Å²) in [7, 11) is 45.1. The molecule has 0 fully saturated rings. The first-order valence-corrected chi connectivity index (χ1v) is 18.3. The Morgan fingerprint density at radius 3 is 1.74 bits per heavy atom. The molecule has 2 aliphatic carbocycles. The van der Waals surface area contributed by atoms with Gasteiger partial charge in [0.05, 0.1) is 16.4 Å². The largest absolute Gasteiger partial charge is 0.457 e. The molecule has 11 rings (SSSR count). The van der Waals surface area contributed by atoms with Crippen LogP contribution < -0.4 is 44.0 Å². The van der Waals surface area contributed by atoms with E-state index in [-0.39, 0.29) is 72.2 Å². The third-order valence-electron chi connectivity index (χ3n) is 12.1. The number of nitrogens with zero attached hydrogens (tertiary/aromatic N) is 2. The molecule has 0 bridgehead atoms. The summed E-state index contributed by atoms with van der Waals surface area (Å²) in [4.78, 5) is 4.73. The lowest BCUT2D eigenvalue weighted by atomic mass is 9.64. The molecule has 2 aromatic heterocycles. The fourth-order valence-electron chi connectivity index (χ4n) is 9.74. The van der Waals surface area contributed by atoms with Crippen molar-refractivity contribution in [3.8, 4) is 22.3 Å². The van der Waals surface area contributed by atoms with Crippen LogP contribution in [0, 0.1) is 5.41 Å². The van der Waals surface area contributed by atoms with Crippen LogP contribution in [0.2, 0.25) is 0 Å². The highest BCUT2D eigenvalue weighted by atomic mass is 16.3. The van der Waals surface area contributed by atoms with Crippen molar-refractivity contribution in [2.45, 2.75) is 5.41 Å². The van der Waals surface area contributed by atoms with Gasteiger partial charge < -0.3 is 10.2 Å². The minimum Gasteiger partial charge on any atom is -0.457 e. The maximum Gasteiger partial charge on any atom is 0.207 e. The van der Waals surface area contributed by atoms with Crippen molar-refractivity contribution in [2.24, 2.45) is 10.7 Å². The quantitative estimate of drug-likeness (QED) is 0.155. The lowest BCUT2D eigenvalue weighted by Gasteiger charge is -2.30. The summed E-state index contributed by atoms with van der Waals surface area (Å²) >= 11 is 0. The first-order chi connectivity index (χ1) is 27.6. The van der Waals surface area contributed by atoms with Crippen molar-refractivity contribution in [3.63, 3.8) is 0 Å². The number of nitrogens with one attached hydrogen (secondary N) is 1. The van der Waals surface area contributed by atoms with Gasteiger partial charge in [-0.15, -0.1) is 10.9 Å². The number of para-hydroxylation sites is 1. The number of amidine groups is 1. The molecule has 12 heteroatoms. The average Bonchev–Trinajstić information content (AvgIpc) is 3.96. The zero-order valence-electron chi connectivity index (χ0n) is 30.3.